The molecule has 3 rings (SSSR count). The van der Waals surface area contributed by atoms with Crippen molar-refractivity contribution in [2.45, 2.75) is 35.6 Å². The lowest BCUT2D eigenvalue weighted by Gasteiger charge is -2.35. The second-order valence-electron chi connectivity index (χ2n) is 7.91. The standard InChI is InChI=1S/C24H22Cl2F3NO5S/c1-2-36(33,34)18-10-8-15(9-11-18)19(14-31)22(32)30-17-12-20(25)21(16-6-4-3-5-7-16)23(26,13-17)35-24(27,28)29/h3-12,19,31H,2,13-14H2,1H3,(H,30,32). The first-order valence-corrected chi connectivity index (χ1v) is 13.1. The minimum absolute atomic E-state index is 0.0578. The number of hydrogen-bond acceptors (Lipinski definition) is 5. The van der Waals surface area contributed by atoms with Crippen molar-refractivity contribution in [2.75, 3.05) is 12.4 Å². The van der Waals surface area contributed by atoms with Gasteiger partial charge in [0.1, 0.15) is 0 Å². The number of benzene rings is 2. The van der Waals surface area contributed by atoms with Crippen LogP contribution in [0.15, 0.2) is 76.3 Å². The number of ether oxygens (including phenoxy) is 1. The number of sulfone groups is 1. The van der Waals surface area contributed by atoms with Crippen molar-refractivity contribution in [2.24, 2.45) is 0 Å². The largest absolute Gasteiger partial charge is 0.524 e. The molecule has 2 atom stereocenters. The fourth-order valence-corrected chi connectivity index (χ4v) is 5.52. The van der Waals surface area contributed by atoms with Crippen LogP contribution in [0, 0.1) is 0 Å². The molecule has 2 N–H and O–H groups in total. The molecule has 0 radical (unpaired) electrons. The van der Waals surface area contributed by atoms with Gasteiger partial charge in [-0.25, -0.2) is 8.42 Å². The van der Waals surface area contributed by atoms with E-state index in [1.54, 1.807) is 18.2 Å². The van der Waals surface area contributed by atoms with E-state index in [1.807, 2.05) is 0 Å². The van der Waals surface area contributed by atoms with E-state index in [0.717, 1.165) is 0 Å². The van der Waals surface area contributed by atoms with E-state index in [0.29, 0.717) is 11.1 Å². The Morgan fingerprint density at radius 1 is 1.17 bits per heavy atom. The molecule has 36 heavy (non-hydrogen) atoms. The molecule has 2 unspecified atom stereocenters. The highest BCUT2D eigenvalue weighted by atomic mass is 35.5. The zero-order valence-electron chi connectivity index (χ0n) is 18.9. The predicted octanol–water partition coefficient (Wildman–Crippen LogP) is 5.08. The van der Waals surface area contributed by atoms with Crippen LogP contribution in [0.3, 0.4) is 0 Å². The summed E-state index contributed by atoms with van der Waals surface area (Å²) >= 11 is 12.7. The van der Waals surface area contributed by atoms with Gasteiger partial charge >= 0.3 is 6.36 Å². The van der Waals surface area contributed by atoms with Crippen LogP contribution in [0.4, 0.5) is 13.2 Å². The summed E-state index contributed by atoms with van der Waals surface area (Å²) in [5.41, 5.74) is 0.427. The smallest absolute Gasteiger partial charge is 0.395 e. The lowest BCUT2D eigenvalue weighted by molar-refractivity contribution is -0.342. The molecular formula is C24H22Cl2F3NO5S. The molecule has 0 aromatic heterocycles. The normalized spacial score (nSPS) is 19.6. The highest BCUT2D eigenvalue weighted by Gasteiger charge is 2.48. The van der Waals surface area contributed by atoms with Crippen LogP contribution in [0.25, 0.3) is 5.57 Å². The van der Waals surface area contributed by atoms with Crippen LogP contribution in [0.2, 0.25) is 0 Å². The molecule has 0 aliphatic heterocycles. The Kier molecular flexibility index (Phi) is 8.57. The SMILES string of the molecule is CCS(=O)(=O)c1ccc(C(CO)C(=O)NC2=CC(Cl)=C(c3ccccc3)C(Cl)(OC(F)(F)F)C2)cc1. The van der Waals surface area contributed by atoms with Crippen molar-refractivity contribution in [3.63, 3.8) is 0 Å². The minimum Gasteiger partial charge on any atom is -0.395 e. The van der Waals surface area contributed by atoms with Gasteiger partial charge in [0, 0.05) is 17.7 Å². The van der Waals surface area contributed by atoms with E-state index >= 15 is 0 Å². The second-order valence-corrected chi connectivity index (χ2v) is 11.2. The number of hydrogen-bond donors (Lipinski definition) is 2. The number of aliphatic hydroxyl groups is 1. The van der Waals surface area contributed by atoms with Crippen LogP contribution >= 0.6 is 23.2 Å². The Labute approximate surface area is 216 Å². The monoisotopic (exact) mass is 563 g/mol. The third-order valence-corrected chi connectivity index (χ3v) is 7.92. The highest BCUT2D eigenvalue weighted by molar-refractivity contribution is 7.91. The van der Waals surface area contributed by atoms with Gasteiger partial charge < -0.3 is 10.4 Å². The molecule has 2 aromatic rings. The fraction of sp³-hybridized carbons (Fsp3) is 0.292. The lowest BCUT2D eigenvalue weighted by atomic mass is 9.91. The maximum atomic E-state index is 13.3. The van der Waals surface area contributed by atoms with Gasteiger partial charge in [-0.1, -0.05) is 72.6 Å². The van der Waals surface area contributed by atoms with Gasteiger partial charge in [0.2, 0.25) is 5.91 Å². The summed E-state index contributed by atoms with van der Waals surface area (Å²) in [6.07, 6.45) is -4.43. The summed E-state index contributed by atoms with van der Waals surface area (Å²) < 4.78 is 68.1. The third kappa shape index (κ3) is 6.49. The zero-order valence-corrected chi connectivity index (χ0v) is 21.2. The van der Waals surface area contributed by atoms with Crippen LogP contribution in [0.5, 0.6) is 0 Å². The summed E-state index contributed by atoms with van der Waals surface area (Å²) in [4.78, 5) is 13.0. The van der Waals surface area contributed by atoms with Crippen molar-refractivity contribution < 1.29 is 36.2 Å². The first kappa shape index (κ1) is 28.2. The third-order valence-electron chi connectivity index (χ3n) is 5.48. The number of alkyl halides is 4. The van der Waals surface area contributed by atoms with Gasteiger partial charge in [0.25, 0.3) is 0 Å². The molecule has 0 fully saturated rings. The van der Waals surface area contributed by atoms with Gasteiger partial charge in [0.05, 0.1) is 28.2 Å². The number of allylic oxidation sites excluding steroid dienone is 2. The summed E-state index contributed by atoms with van der Waals surface area (Å²) in [5.74, 6) is -2.01. The fourth-order valence-electron chi connectivity index (χ4n) is 3.76. The van der Waals surface area contributed by atoms with E-state index < -0.39 is 46.1 Å². The van der Waals surface area contributed by atoms with E-state index in [2.05, 4.69) is 10.1 Å². The van der Waals surface area contributed by atoms with E-state index in [4.69, 9.17) is 23.2 Å². The Hall–Kier alpha value is -2.37. The number of carbonyl (C=O) groups is 1. The molecule has 12 heteroatoms. The molecule has 1 aliphatic carbocycles. The Bertz CT molecular complexity index is 1280. The van der Waals surface area contributed by atoms with Gasteiger partial charge in [-0.15, -0.1) is 13.2 Å². The summed E-state index contributed by atoms with van der Waals surface area (Å²) in [6, 6.07) is 13.3. The lowest BCUT2D eigenvalue weighted by Crippen LogP contribution is -2.40. The van der Waals surface area contributed by atoms with E-state index in [9.17, 15) is 31.5 Å². The Morgan fingerprint density at radius 2 is 1.78 bits per heavy atom. The van der Waals surface area contributed by atoms with Crippen molar-refractivity contribution in [1.82, 2.24) is 5.32 Å². The maximum Gasteiger partial charge on any atom is 0.524 e. The quantitative estimate of drug-likeness (QED) is 0.437. The summed E-state index contributed by atoms with van der Waals surface area (Å²) in [7, 11) is -3.47. The maximum absolute atomic E-state index is 13.3. The molecule has 0 spiro atoms. The number of amides is 1. The molecule has 2 aromatic carbocycles. The molecule has 6 nitrogen and oxygen atoms in total. The molecule has 0 heterocycles. The van der Waals surface area contributed by atoms with Crippen LogP contribution in [0.1, 0.15) is 30.4 Å². The number of nitrogens with one attached hydrogen (secondary N) is 1. The van der Waals surface area contributed by atoms with Crippen molar-refractivity contribution in [3.8, 4) is 0 Å². The number of aliphatic hydroxyl groups excluding tert-OH is 1. The molecular weight excluding hydrogens is 542 g/mol. The number of halogens is 5. The zero-order chi connectivity index (χ0) is 26.7. The first-order chi connectivity index (χ1) is 16.8. The molecule has 1 aliphatic rings. The Morgan fingerprint density at radius 3 is 2.31 bits per heavy atom. The Balaban J connectivity index is 1.92. The predicted molar refractivity (Wildman–Crippen MR) is 130 cm³/mol. The average molecular weight is 564 g/mol. The van der Waals surface area contributed by atoms with Crippen LogP contribution < -0.4 is 5.32 Å². The topological polar surface area (TPSA) is 92.7 Å². The molecule has 1 amide bonds. The van der Waals surface area contributed by atoms with Gasteiger partial charge in [-0.2, -0.15) is 0 Å². The average Bonchev–Trinajstić information content (AvgIpc) is 2.78. The van der Waals surface area contributed by atoms with Gasteiger partial charge in [-0.3, -0.25) is 9.53 Å². The summed E-state index contributed by atoms with van der Waals surface area (Å²) in [5, 5.41) is 9.64. The van der Waals surface area contributed by atoms with Crippen molar-refractivity contribution >= 4 is 44.5 Å². The van der Waals surface area contributed by atoms with Crippen LogP contribution in [-0.4, -0.2) is 43.2 Å². The second kappa shape index (κ2) is 10.9. The van der Waals surface area contributed by atoms with Gasteiger partial charge in [0.15, 0.2) is 14.9 Å². The first-order valence-electron chi connectivity index (χ1n) is 10.7. The van der Waals surface area contributed by atoms with Crippen LogP contribution in [-0.2, 0) is 19.4 Å². The van der Waals surface area contributed by atoms with E-state index in [1.165, 1.54) is 49.4 Å². The number of carbonyl (C=O) groups excluding carboxylic acids is 1. The summed E-state index contributed by atoms with van der Waals surface area (Å²) in [6.45, 7) is 0.843. The molecule has 0 saturated carbocycles. The molecule has 0 saturated heterocycles. The molecule has 194 valence electrons. The highest BCUT2D eigenvalue weighted by Crippen LogP contribution is 2.48. The van der Waals surface area contributed by atoms with Gasteiger partial charge in [-0.05, 0) is 29.3 Å². The van der Waals surface area contributed by atoms with E-state index in [-0.39, 0.29) is 27.0 Å². The minimum atomic E-state index is -5.11. The number of rotatable bonds is 8. The van der Waals surface area contributed by atoms with Crippen molar-refractivity contribution in [1.29, 1.82) is 0 Å². The molecule has 0 bridgehead atoms. The van der Waals surface area contributed by atoms with Crippen molar-refractivity contribution in [3.05, 3.63) is 82.5 Å².